The number of nitrogens with zero attached hydrogens (tertiary/aromatic N) is 2. The molecule has 0 aliphatic heterocycles. The lowest BCUT2D eigenvalue weighted by atomic mass is 10.2. The molecule has 1 N–H and O–H groups in total. The Balaban J connectivity index is 2.43. The van der Waals surface area contributed by atoms with Gasteiger partial charge in [0.2, 0.25) is 5.95 Å². The van der Waals surface area contributed by atoms with Gasteiger partial charge in [-0.15, -0.1) is 0 Å². The van der Waals surface area contributed by atoms with Crippen LogP contribution in [0.1, 0.15) is 5.56 Å². The van der Waals surface area contributed by atoms with Gasteiger partial charge in [0, 0.05) is 21.3 Å². The Hall–Kier alpha value is -0.990. The highest BCUT2D eigenvalue weighted by Gasteiger charge is 2.20. The van der Waals surface area contributed by atoms with Crippen LogP contribution < -0.4 is 4.72 Å². The van der Waals surface area contributed by atoms with Gasteiger partial charge < -0.3 is 0 Å². The highest BCUT2D eigenvalue weighted by atomic mass is 79.9. The average molecular weight is 407 g/mol. The SMILES string of the molecule is Cc1cc(Br)c(S(=O)(=O)Nc2ncccn2)cc1Br. The van der Waals surface area contributed by atoms with Gasteiger partial charge in [-0.1, -0.05) is 15.9 Å². The summed E-state index contributed by atoms with van der Waals surface area (Å²) in [5.41, 5.74) is 0.932. The van der Waals surface area contributed by atoms with Gasteiger partial charge in [-0.05, 0) is 46.6 Å². The van der Waals surface area contributed by atoms with Gasteiger partial charge in [-0.3, -0.25) is 0 Å². The fraction of sp³-hybridized carbons (Fsp3) is 0.0909. The quantitative estimate of drug-likeness (QED) is 0.849. The van der Waals surface area contributed by atoms with Crippen LogP contribution in [-0.4, -0.2) is 18.4 Å². The molecular formula is C11H9Br2N3O2S. The number of anilines is 1. The summed E-state index contributed by atoms with van der Waals surface area (Å²) in [4.78, 5) is 7.78. The Morgan fingerprint density at radius 1 is 1.11 bits per heavy atom. The molecule has 0 spiro atoms. The lowest BCUT2D eigenvalue weighted by Crippen LogP contribution is -2.15. The van der Waals surface area contributed by atoms with E-state index in [9.17, 15) is 8.42 Å². The molecule has 5 nitrogen and oxygen atoms in total. The summed E-state index contributed by atoms with van der Waals surface area (Å²) in [6.45, 7) is 1.87. The minimum Gasteiger partial charge on any atom is -0.247 e. The second-order valence-electron chi connectivity index (χ2n) is 3.71. The van der Waals surface area contributed by atoms with Gasteiger partial charge in [0.05, 0.1) is 0 Å². The molecule has 8 heteroatoms. The fourth-order valence-electron chi connectivity index (χ4n) is 1.36. The molecule has 0 atom stereocenters. The molecule has 0 amide bonds. The largest absolute Gasteiger partial charge is 0.265 e. The van der Waals surface area contributed by atoms with Crippen LogP contribution in [0.25, 0.3) is 0 Å². The van der Waals surface area contributed by atoms with Crippen molar-refractivity contribution in [2.45, 2.75) is 11.8 Å². The number of halogens is 2. The molecule has 0 bridgehead atoms. The van der Waals surface area contributed by atoms with E-state index in [0.29, 0.717) is 8.95 Å². The third kappa shape index (κ3) is 3.31. The van der Waals surface area contributed by atoms with Crippen LogP contribution in [0.2, 0.25) is 0 Å². The predicted molar refractivity (Wildman–Crippen MR) is 79.4 cm³/mol. The number of sulfonamides is 1. The van der Waals surface area contributed by atoms with Crippen LogP contribution in [0.15, 0.2) is 44.4 Å². The molecule has 19 heavy (non-hydrogen) atoms. The van der Waals surface area contributed by atoms with Crippen molar-refractivity contribution in [1.82, 2.24) is 9.97 Å². The van der Waals surface area contributed by atoms with E-state index < -0.39 is 10.0 Å². The molecule has 2 rings (SSSR count). The van der Waals surface area contributed by atoms with Crippen molar-refractivity contribution >= 4 is 47.8 Å². The summed E-state index contributed by atoms with van der Waals surface area (Å²) in [6.07, 6.45) is 2.93. The second-order valence-corrected chi connectivity index (χ2v) is 7.07. The van der Waals surface area contributed by atoms with E-state index >= 15 is 0 Å². The van der Waals surface area contributed by atoms with Crippen LogP contribution in [0, 0.1) is 6.92 Å². The van der Waals surface area contributed by atoms with Crippen molar-refractivity contribution in [2.75, 3.05) is 4.72 Å². The molecule has 100 valence electrons. The van der Waals surface area contributed by atoms with Gasteiger partial charge in [-0.25, -0.2) is 23.1 Å². The van der Waals surface area contributed by atoms with Crippen LogP contribution in [0.3, 0.4) is 0 Å². The predicted octanol–water partition coefficient (Wildman–Crippen LogP) is 3.11. The maximum absolute atomic E-state index is 12.2. The van der Waals surface area contributed by atoms with Crippen molar-refractivity contribution in [3.8, 4) is 0 Å². The monoisotopic (exact) mass is 405 g/mol. The van der Waals surface area contributed by atoms with E-state index in [4.69, 9.17) is 0 Å². The Morgan fingerprint density at radius 2 is 1.74 bits per heavy atom. The van der Waals surface area contributed by atoms with Gasteiger partial charge >= 0.3 is 0 Å². The normalized spacial score (nSPS) is 11.3. The smallest absolute Gasteiger partial charge is 0.247 e. The molecule has 1 aromatic carbocycles. The topological polar surface area (TPSA) is 72.0 Å². The van der Waals surface area contributed by atoms with Gasteiger partial charge in [-0.2, -0.15) is 0 Å². The molecule has 0 saturated heterocycles. The van der Waals surface area contributed by atoms with Crippen LogP contribution in [0.5, 0.6) is 0 Å². The summed E-state index contributed by atoms with van der Waals surface area (Å²) in [5, 5.41) is 0. The maximum Gasteiger partial charge on any atom is 0.265 e. The summed E-state index contributed by atoms with van der Waals surface area (Å²) >= 11 is 6.56. The molecule has 0 fully saturated rings. The lowest BCUT2D eigenvalue weighted by molar-refractivity contribution is 0.600. The summed E-state index contributed by atoms with van der Waals surface area (Å²) < 4.78 is 28.0. The van der Waals surface area contributed by atoms with Crippen molar-refractivity contribution in [3.63, 3.8) is 0 Å². The first-order chi connectivity index (χ1) is 8.90. The van der Waals surface area contributed by atoms with Gasteiger partial charge in [0.1, 0.15) is 4.90 Å². The molecule has 1 heterocycles. The number of aryl methyl sites for hydroxylation is 1. The number of aromatic nitrogens is 2. The molecule has 0 aliphatic rings. The van der Waals surface area contributed by atoms with E-state index in [2.05, 4.69) is 46.5 Å². The van der Waals surface area contributed by atoms with E-state index in [-0.39, 0.29) is 10.8 Å². The zero-order valence-corrected chi connectivity index (χ0v) is 13.8. The molecule has 2 aromatic rings. The van der Waals surface area contributed by atoms with E-state index in [0.717, 1.165) is 5.56 Å². The zero-order chi connectivity index (χ0) is 14.0. The van der Waals surface area contributed by atoms with Crippen LogP contribution in [-0.2, 0) is 10.0 Å². The van der Waals surface area contributed by atoms with Crippen molar-refractivity contribution in [2.24, 2.45) is 0 Å². The Labute approximate surface area is 127 Å². The minimum atomic E-state index is -3.74. The van der Waals surface area contributed by atoms with Crippen molar-refractivity contribution < 1.29 is 8.42 Å². The Bertz CT molecular complexity index is 705. The Kier molecular flexibility index (Phi) is 4.22. The number of nitrogens with one attached hydrogen (secondary N) is 1. The Morgan fingerprint density at radius 3 is 2.37 bits per heavy atom. The van der Waals surface area contributed by atoms with E-state index in [1.165, 1.54) is 18.5 Å². The summed E-state index contributed by atoms with van der Waals surface area (Å²) in [5.74, 6) is 0.0334. The molecular weight excluding hydrogens is 398 g/mol. The molecule has 1 aromatic heterocycles. The number of rotatable bonds is 3. The number of hydrogen-bond donors (Lipinski definition) is 1. The first kappa shape index (κ1) is 14.4. The standard InChI is InChI=1S/C11H9Br2N3O2S/c1-7-5-9(13)10(6-8(7)12)19(17,18)16-11-14-3-2-4-15-11/h2-6H,1H3,(H,14,15,16). The maximum atomic E-state index is 12.2. The zero-order valence-electron chi connectivity index (χ0n) is 9.76. The summed E-state index contributed by atoms with van der Waals surface area (Å²) in [6, 6.07) is 4.87. The van der Waals surface area contributed by atoms with Crippen molar-refractivity contribution in [3.05, 3.63) is 45.1 Å². The van der Waals surface area contributed by atoms with Crippen molar-refractivity contribution in [1.29, 1.82) is 0 Å². The molecule has 0 saturated carbocycles. The number of hydrogen-bond acceptors (Lipinski definition) is 4. The summed E-state index contributed by atoms with van der Waals surface area (Å²) in [7, 11) is -3.74. The van der Waals surface area contributed by atoms with E-state index in [1.807, 2.05) is 6.92 Å². The molecule has 0 unspecified atom stereocenters. The molecule has 0 aliphatic carbocycles. The number of benzene rings is 1. The third-order valence-corrected chi connectivity index (χ3v) is 5.44. The van der Waals surface area contributed by atoms with E-state index in [1.54, 1.807) is 12.1 Å². The van der Waals surface area contributed by atoms with Crippen LogP contribution >= 0.6 is 31.9 Å². The molecule has 0 radical (unpaired) electrons. The third-order valence-electron chi connectivity index (χ3n) is 2.29. The second kappa shape index (κ2) is 5.56. The fourth-order valence-corrected chi connectivity index (χ4v) is 4.00. The highest BCUT2D eigenvalue weighted by molar-refractivity contribution is 9.11. The van der Waals surface area contributed by atoms with Gasteiger partial charge in [0.25, 0.3) is 10.0 Å². The average Bonchev–Trinajstić information content (AvgIpc) is 2.34. The highest BCUT2D eigenvalue weighted by Crippen LogP contribution is 2.29. The first-order valence-corrected chi connectivity index (χ1v) is 8.22. The minimum absolute atomic E-state index is 0.0334. The van der Waals surface area contributed by atoms with Crippen LogP contribution in [0.4, 0.5) is 5.95 Å². The van der Waals surface area contributed by atoms with Gasteiger partial charge in [0.15, 0.2) is 0 Å². The lowest BCUT2D eigenvalue weighted by Gasteiger charge is -2.10. The first-order valence-electron chi connectivity index (χ1n) is 5.15.